The molecule has 5 heteroatoms. The minimum atomic E-state index is -0.289. The maximum atomic E-state index is 12.7. The van der Waals surface area contributed by atoms with Crippen LogP contribution in [0.4, 0.5) is 0 Å². The van der Waals surface area contributed by atoms with Crippen LogP contribution < -0.4 is 5.73 Å². The summed E-state index contributed by atoms with van der Waals surface area (Å²) < 4.78 is 0. The maximum Gasteiger partial charge on any atom is 0.239 e. The Labute approximate surface area is 131 Å². The van der Waals surface area contributed by atoms with Crippen LogP contribution in [0, 0.1) is 5.92 Å². The third kappa shape index (κ3) is 3.14. The molecule has 1 aromatic rings. The molecule has 2 saturated heterocycles. The van der Waals surface area contributed by atoms with Crippen LogP contribution in [0.2, 0.25) is 0 Å². The molecular formula is C17H23N3O2. The molecule has 2 aliphatic heterocycles. The molecule has 0 unspecified atom stereocenters. The molecule has 2 aliphatic rings. The molecule has 2 fully saturated rings. The summed E-state index contributed by atoms with van der Waals surface area (Å²) in [5, 5.41) is 0. The number of nitrogens with two attached hydrogens (primary N) is 1. The van der Waals surface area contributed by atoms with Crippen molar-refractivity contribution in [2.24, 2.45) is 11.7 Å². The largest absolute Gasteiger partial charge is 0.369 e. The molecule has 22 heavy (non-hydrogen) atoms. The topological polar surface area (TPSA) is 66.6 Å². The molecule has 0 saturated carbocycles. The van der Waals surface area contributed by atoms with E-state index in [4.69, 9.17) is 5.73 Å². The summed E-state index contributed by atoms with van der Waals surface area (Å²) >= 11 is 0. The predicted octanol–water partition coefficient (Wildman–Crippen LogP) is 0.985. The van der Waals surface area contributed by atoms with E-state index in [1.807, 2.05) is 23.1 Å². The Hall–Kier alpha value is -1.88. The van der Waals surface area contributed by atoms with Crippen LogP contribution in [-0.2, 0) is 16.1 Å². The number of nitrogens with zero attached hydrogens (tertiary/aromatic N) is 2. The predicted molar refractivity (Wildman–Crippen MR) is 83.8 cm³/mol. The van der Waals surface area contributed by atoms with E-state index >= 15 is 0 Å². The normalized spacial score (nSPS) is 25.5. The van der Waals surface area contributed by atoms with Crippen molar-refractivity contribution in [3.05, 3.63) is 35.9 Å². The van der Waals surface area contributed by atoms with E-state index in [1.165, 1.54) is 5.56 Å². The molecule has 2 amide bonds. The standard InChI is InChI=1S/C17H23N3O2/c18-16(21)14-8-10-20(12-14)17(22)15-7-4-9-19(15)11-13-5-2-1-3-6-13/h1-3,5-6,14-15H,4,7-12H2,(H2,18,21)/t14-,15+/m0/s1. The van der Waals surface area contributed by atoms with Gasteiger partial charge in [0.25, 0.3) is 0 Å². The van der Waals surface area contributed by atoms with Crippen molar-refractivity contribution in [3.8, 4) is 0 Å². The Morgan fingerprint density at radius 1 is 1.14 bits per heavy atom. The third-order valence-corrected chi connectivity index (χ3v) is 4.78. The fraction of sp³-hybridized carbons (Fsp3) is 0.529. The van der Waals surface area contributed by atoms with E-state index in [2.05, 4.69) is 17.0 Å². The van der Waals surface area contributed by atoms with Gasteiger partial charge >= 0.3 is 0 Å². The van der Waals surface area contributed by atoms with Gasteiger partial charge in [0.05, 0.1) is 12.0 Å². The lowest BCUT2D eigenvalue weighted by atomic mass is 10.1. The minimum Gasteiger partial charge on any atom is -0.369 e. The van der Waals surface area contributed by atoms with E-state index in [-0.39, 0.29) is 23.8 Å². The van der Waals surface area contributed by atoms with Gasteiger partial charge in [-0.25, -0.2) is 0 Å². The summed E-state index contributed by atoms with van der Waals surface area (Å²) in [5.41, 5.74) is 6.59. The van der Waals surface area contributed by atoms with Crippen LogP contribution >= 0.6 is 0 Å². The van der Waals surface area contributed by atoms with Crippen molar-refractivity contribution in [1.82, 2.24) is 9.80 Å². The summed E-state index contributed by atoms with van der Waals surface area (Å²) in [6, 6.07) is 10.2. The Balaban J connectivity index is 1.63. The van der Waals surface area contributed by atoms with Crippen molar-refractivity contribution < 1.29 is 9.59 Å². The lowest BCUT2D eigenvalue weighted by molar-refractivity contribution is -0.135. The highest BCUT2D eigenvalue weighted by molar-refractivity contribution is 5.84. The first-order chi connectivity index (χ1) is 10.6. The highest BCUT2D eigenvalue weighted by atomic mass is 16.2. The summed E-state index contributed by atoms with van der Waals surface area (Å²) in [6.45, 7) is 2.91. The van der Waals surface area contributed by atoms with Gasteiger partial charge in [0.15, 0.2) is 0 Å². The van der Waals surface area contributed by atoms with Crippen molar-refractivity contribution in [3.63, 3.8) is 0 Å². The SMILES string of the molecule is NC(=O)[C@H]1CCN(C(=O)[C@H]2CCCN2Cc2ccccc2)C1. The van der Waals surface area contributed by atoms with E-state index < -0.39 is 0 Å². The van der Waals surface area contributed by atoms with Gasteiger partial charge in [-0.15, -0.1) is 0 Å². The Bertz CT molecular complexity index is 546. The molecule has 0 bridgehead atoms. The van der Waals surface area contributed by atoms with Crippen molar-refractivity contribution in [1.29, 1.82) is 0 Å². The number of hydrogen-bond donors (Lipinski definition) is 1. The lowest BCUT2D eigenvalue weighted by Crippen LogP contribution is -2.44. The number of likely N-dealkylation sites (tertiary alicyclic amines) is 2. The summed E-state index contributed by atoms with van der Waals surface area (Å²) in [5.74, 6) is -0.298. The average Bonchev–Trinajstić information content (AvgIpc) is 3.17. The van der Waals surface area contributed by atoms with Crippen molar-refractivity contribution in [2.75, 3.05) is 19.6 Å². The highest BCUT2D eigenvalue weighted by Gasteiger charge is 2.37. The average molecular weight is 301 g/mol. The lowest BCUT2D eigenvalue weighted by Gasteiger charge is -2.27. The first-order valence-corrected chi connectivity index (χ1v) is 8.01. The number of amides is 2. The first-order valence-electron chi connectivity index (χ1n) is 8.01. The van der Waals surface area contributed by atoms with E-state index in [9.17, 15) is 9.59 Å². The fourth-order valence-corrected chi connectivity index (χ4v) is 3.52. The summed E-state index contributed by atoms with van der Waals surface area (Å²) in [4.78, 5) is 28.1. The number of rotatable bonds is 4. The first kappa shape index (κ1) is 15.0. The highest BCUT2D eigenvalue weighted by Crippen LogP contribution is 2.25. The van der Waals surface area contributed by atoms with E-state index in [0.717, 1.165) is 25.9 Å². The number of benzene rings is 1. The monoisotopic (exact) mass is 301 g/mol. The summed E-state index contributed by atoms with van der Waals surface area (Å²) in [7, 11) is 0. The van der Waals surface area contributed by atoms with Gasteiger partial charge in [-0.2, -0.15) is 0 Å². The fourth-order valence-electron chi connectivity index (χ4n) is 3.52. The molecule has 0 spiro atoms. The Kier molecular flexibility index (Phi) is 4.43. The van der Waals surface area contributed by atoms with Crippen LogP contribution in [-0.4, -0.2) is 47.3 Å². The third-order valence-electron chi connectivity index (χ3n) is 4.78. The number of primary amides is 1. The molecule has 3 rings (SSSR count). The Morgan fingerprint density at radius 2 is 1.91 bits per heavy atom. The number of hydrogen-bond acceptors (Lipinski definition) is 3. The number of carbonyl (C=O) groups is 2. The molecule has 5 nitrogen and oxygen atoms in total. The van der Waals surface area contributed by atoms with E-state index in [0.29, 0.717) is 19.5 Å². The van der Waals surface area contributed by atoms with Gasteiger partial charge < -0.3 is 10.6 Å². The van der Waals surface area contributed by atoms with Crippen LogP contribution in [0.25, 0.3) is 0 Å². The zero-order chi connectivity index (χ0) is 15.5. The second-order valence-electron chi connectivity index (χ2n) is 6.29. The van der Waals surface area contributed by atoms with Crippen LogP contribution in [0.5, 0.6) is 0 Å². The molecule has 0 aromatic heterocycles. The molecular weight excluding hydrogens is 278 g/mol. The Morgan fingerprint density at radius 3 is 2.59 bits per heavy atom. The summed E-state index contributed by atoms with van der Waals surface area (Å²) in [6.07, 6.45) is 2.66. The molecule has 2 heterocycles. The van der Waals surface area contributed by atoms with Crippen LogP contribution in [0.15, 0.2) is 30.3 Å². The molecule has 1 aromatic carbocycles. The van der Waals surface area contributed by atoms with Gasteiger partial charge in [-0.3, -0.25) is 14.5 Å². The van der Waals surface area contributed by atoms with Crippen LogP contribution in [0.3, 0.4) is 0 Å². The molecule has 118 valence electrons. The second kappa shape index (κ2) is 6.48. The molecule has 2 atom stereocenters. The van der Waals surface area contributed by atoms with Crippen LogP contribution in [0.1, 0.15) is 24.8 Å². The zero-order valence-corrected chi connectivity index (χ0v) is 12.8. The van der Waals surface area contributed by atoms with Gasteiger partial charge in [0, 0.05) is 19.6 Å². The van der Waals surface area contributed by atoms with E-state index in [1.54, 1.807) is 0 Å². The van der Waals surface area contributed by atoms with Gasteiger partial charge in [0.2, 0.25) is 11.8 Å². The van der Waals surface area contributed by atoms with Gasteiger partial charge in [0.1, 0.15) is 0 Å². The smallest absolute Gasteiger partial charge is 0.239 e. The van der Waals surface area contributed by atoms with Crippen molar-refractivity contribution in [2.45, 2.75) is 31.8 Å². The molecule has 0 radical (unpaired) electrons. The van der Waals surface area contributed by atoms with Crippen molar-refractivity contribution >= 4 is 11.8 Å². The number of carbonyl (C=O) groups excluding carboxylic acids is 2. The molecule has 0 aliphatic carbocycles. The minimum absolute atomic E-state index is 0.0492. The molecule has 2 N–H and O–H groups in total. The quantitative estimate of drug-likeness (QED) is 0.901. The zero-order valence-electron chi connectivity index (χ0n) is 12.8. The second-order valence-corrected chi connectivity index (χ2v) is 6.29. The van der Waals surface area contributed by atoms with Gasteiger partial charge in [-0.1, -0.05) is 30.3 Å². The van der Waals surface area contributed by atoms with Gasteiger partial charge in [-0.05, 0) is 31.4 Å². The maximum absolute atomic E-state index is 12.7.